The number of anilines is 1. The third-order valence-electron chi connectivity index (χ3n) is 7.96. The molecule has 2 heterocycles. The third-order valence-corrected chi connectivity index (χ3v) is 7.96. The summed E-state index contributed by atoms with van der Waals surface area (Å²) in [4.78, 5) is 35.3. The highest BCUT2D eigenvalue weighted by atomic mass is 16.6. The number of nitrogens with one attached hydrogen (secondary N) is 2. The van der Waals surface area contributed by atoms with E-state index in [4.69, 9.17) is 24.1 Å². The van der Waals surface area contributed by atoms with Crippen LogP contribution in [0.25, 0.3) is 0 Å². The second-order valence-electron chi connectivity index (χ2n) is 11.2. The Morgan fingerprint density at radius 1 is 1.18 bits per heavy atom. The summed E-state index contributed by atoms with van der Waals surface area (Å²) in [5.74, 6) is -1.20. The Morgan fingerprint density at radius 2 is 1.90 bits per heavy atom. The van der Waals surface area contributed by atoms with E-state index in [9.17, 15) is 14.4 Å². The van der Waals surface area contributed by atoms with Crippen molar-refractivity contribution < 1.29 is 38.4 Å². The van der Waals surface area contributed by atoms with Crippen LogP contribution >= 0.6 is 0 Å². The molecule has 2 amide bonds. The molecule has 1 aliphatic carbocycles. The maximum atomic E-state index is 12.7. The minimum absolute atomic E-state index is 0.0380. The summed E-state index contributed by atoms with van der Waals surface area (Å²) in [5, 5.41) is 14.2. The van der Waals surface area contributed by atoms with Crippen molar-refractivity contribution in [2.24, 2.45) is 5.92 Å². The molecular weight excluding hydrogens is 504 g/mol. The zero-order valence-corrected chi connectivity index (χ0v) is 23.2. The number of alkyl carbamates (subject to hydrolysis) is 1. The van der Waals surface area contributed by atoms with Gasteiger partial charge in [-0.15, -0.1) is 0 Å². The van der Waals surface area contributed by atoms with E-state index >= 15 is 0 Å². The van der Waals surface area contributed by atoms with Gasteiger partial charge in [-0.25, -0.2) is 4.79 Å². The first kappa shape index (κ1) is 29.0. The van der Waals surface area contributed by atoms with Crippen LogP contribution in [0.4, 0.5) is 10.5 Å². The minimum Gasteiger partial charge on any atom is -0.481 e. The van der Waals surface area contributed by atoms with Crippen molar-refractivity contribution in [1.82, 2.24) is 5.32 Å². The van der Waals surface area contributed by atoms with Crippen LogP contribution in [0.5, 0.6) is 0 Å². The average Bonchev–Trinajstić information content (AvgIpc) is 3.80. The standard InChI is InChI=1S/C29H40N2O8/c1-18(2)8-13-22-28(3,39-22)26-25(36-4)21(14-15-29(26)17-37-29)38-27(35)30-16-19-9-11-20(12-10-19)31-23(32)6-5-7-24(33)34/h8-12,21-22,25-26H,5-7,13-17H2,1-4H3,(H,30,35)(H,31,32)(H,33,34)/t21-,22-,25-,26-,28-,29+/m1/s1. The monoisotopic (exact) mass is 544 g/mol. The number of hydrogen-bond donors (Lipinski definition) is 3. The highest BCUT2D eigenvalue weighted by Gasteiger charge is 2.72. The topological polar surface area (TPSA) is 139 Å². The zero-order chi connectivity index (χ0) is 28.2. The van der Waals surface area contributed by atoms with Gasteiger partial charge in [0.1, 0.15) is 23.4 Å². The molecule has 1 spiro atoms. The van der Waals surface area contributed by atoms with Crippen molar-refractivity contribution in [3.05, 3.63) is 41.5 Å². The van der Waals surface area contributed by atoms with Gasteiger partial charge in [0.25, 0.3) is 0 Å². The number of allylic oxidation sites excluding steroid dienone is 1. The zero-order valence-electron chi connectivity index (χ0n) is 23.2. The van der Waals surface area contributed by atoms with Crippen LogP contribution in [-0.4, -0.2) is 66.3 Å². The molecule has 3 N–H and O–H groups in total. The number of carboxylic acid groups (broad SMARTS) is 1. The van der Waals surface area contributed by atoms with E-state index in [0.717, 1.165) is 18.4 Å². The van der Waals surface area contributed by atoms with Crippen molar-refractivity contribution in [2.45, 2.75) is 95.4 Å². The lowest BCUT2D eigenvalue weighted by Gasteiger charge is -2.42. The van der Waals surface area contributed by atoms with E-state index in [1.807, 2.05) is 0 Å². The fourth-order valence-electron chi connectivity index (χ4n) is 5.75. The number of carbonyl (C=O) groups excluding carboxylic acids is 2. The van der Waals surface area contributed by atoms with Crippen LogP contribution in [0.1, 0.15) is 64.9 Å². The molecule has 0 aromatic heterocycles. The van der Waals surface area contributed by atoms with Gasteiger partial charge >= 0.3 is 12.1 Å². The number of carbonyl (C=O) groups is 3. The van der Waals surface area contributed by atoms with Crippen LogP contribution in [0.2, 0.25) is 0 Å². The maximum absolute atomic E-state index is 12.7. The number of hydrogen-bond acceptors (Lipinski definition) is 7. The van der Waals surface area contributed by atoms with Crippen molar-refractivity contribution in [2.75, 3.05) is 19.0 Å². The lowest BCUT2D eigenvalue weighted by Crippen LogP contribution is -2.56. The minimum atomic E-state index is -0.921. The van der Waals surface area contributed by atoms with Crippen LogP contribution in [0.15, 0.2) is 35.9 Å². The average molecular weight is 545 g/mol. The Kier molecular flexibility index (Phi) is 8.98. The molecular formula is C29H40N2O8. The van der Waals surface area contributed by atoms with E-state index in [1.54, 1.807) is 31.4 Å². The lowest BCUT2D eigenvalue weighted by atomic mass is 9.68. The maximum Gasteiger partial charge on any atom is 0.407 e. The second-order valence-corrected chi connectivity index (χ2v) is 11.2. The molecule has 0 bridgehead atoms. The fraction of sp³-hybridized carbons (Fsp3) is 0.621. The molecule has 1 aromatic rings. The van der Waals surface area contributed by atoms with E-state index in [1.165, 1.54) is 5.57 Å². The van der Waals surface area contributed by atoms with Crippen molar-refractivity contribution in [3.8, 4) is 0 Å². The first-order valence-electron chi connectivity index (χ1n) is 13.6. The number of rotatable bonds is 12. The van der Waals surface area contributed by atoms with E-state index in [2.05, 4.69) is 37.5 Å². The first-order chi connectivity index (χ1) is 18.6. The molecule has 0 unspecified atom stereocenters. The van der Waals surface area contributed by atoms with Gasteiger partial charge in [-0.1, -0.05) is 23.8 Å². The molecule has 214 valence electrons. The summed E-state index contributed by atoms with van der Waals surface area (Å²) >= 11 is 0. The van der Waals surface area contributed by atoms with Crippen LogP contribution < -0.4 is 10.6 Å². The Bertz CT molecular complexity index is 1080. The van der Waals surface area contributed by atoms with Gasteiger partial charge in [0.15, 0.2) is 0 Å². The first-order valence-corrected chi connectivity index (χ1v) is 13.6. The van der Waals surface area contributed by atoms with Gasteiger partial charge in [-0.05, 0) is 64.2 Å². The van der Waals surface area contributed by atoms with Crippen LogP contribution in [0.3, 0.4) is 0 Å². The molecule has 4 rings (SSSR count). The number of aliphatic carboxylic acids is 1. The number of carboxylic acids is 1. The Hall–Kier alpha value is -2.95. The van der Waals surface area contributed by atoms with Crippen molar-refractivity contribution in [3.63, 3.8) is 0 Å². The molecule has 0 radical (unpaired) electrons. The van der Waals surface area contributed by atoms with Gasteiger partial charge < -0.3 is 34.7 Å². The predicted molar refractivity (Wildman–Crippen MR) is 143 cm³/mol. The quantitative estimate of drug-likeness (QED) is 0.263. The molecule has 1 aromatic carbocycles. The van der Waals surface area contributed by atoms with Crippen molar-refractivity contribution >= 4 is 23.7 Å². The third kappa shape index (κ3) is 7.17. The lowest BCUT2D eigenvalue weighted by molar-refractivity contribution is -0.137. The molecule has 10 nitrogen and oxygen atoms in total. The summed E-state index contributed by atoms with van der Waals surface area (Å²) in [6.45, 7) is 7.20. The smallest absolute Gasteiger partial charge is 0.407 e. The molecule has 3 aliphatic rings. The van der Waals surface area contributed by atoms with Crippen LogP contribution in [0, 0.1) is 5.92 Å². The van der Waals surface area contributed by atoms with Gasteiger partial charge in [-0.2, -0.15) is 0 Å². The van der Waals surface area contributed by atoms with Gasteiger partial charge in [0.2, 0.25) is 5.91 Å². The molecule has 3 fully saturated rings. The summed E-state index contributed by atoms with van der Waals surface area (Å²) in [5.41, 5.74) is 2.02. The molecule has 39 heavy (non-hydrogen) atoms. The van der Waals surface area contributed by atoms with Crippen molar-refractivity contribution in [1.29, 1.82) is 0 Å². The SMILES string of the molecule is CO[C@@H]1[C@H](OC(=O)NCc2ccc(NC(=O)CCCC(=O)O)cc2)CC[C@]2(CO2)[C@H]1[C@]1(C)O[C@@H]1CC=C(C)C. The van der Waals surface area contributed by atoms with E-state index in [-0.39, 0.29) is 55.4 Å². The number of benzene rings is 1. The van der Waals surface area contributed by atoms with Gasteiger partial charge in [-0.3, -0.25) is 9.59 Å². The Balaban J connectivity index is 1.28. The normalized spacial score (nSPS) is 30.8. The van der Waals surface area contributed by atoms with E-state index in [0.29, 0.717) is 18.7 Å². The fourth-order valence-corrected chi connectivity index (χ4v) is 5.75. The molecule has 1 saturated carbocycles. The number of amides is 2. The summed E-state index contributed by atoms with van der Waals surface area (Å²) in [7, 11) is 1.65. The van der Waals surface area contributed by atoms with Gasteiger partial charge in [0.05, 0.1) is 18.6 Å². The number of epoxide rings is 2. The summed E-state index contributed by atoms with van der Waals surface area (Å²) in [6.07, 6.45) is 3.64. The molecule has 2 saturated heterocycles. The summed E-state index contributed by atoms with van der Waals surface area (Å²) < 4.78 is 24.0. The molecule has 10 heteroatoms. The second kappa shape index (κ2) is 12.1. The van der Waals surface area contributed by atoms with E-state index < -0.39 is 23.8 Å². The van der Waals surface area contributed by atoms with Gasteiger partial charge in [0, 0.05) is 32.2 Å². The Labute approximate surface area is 229 Å². The molecule has 6 atom stereocenters. The van der Waals surface area contributed by atoms with Crippen LogP contribution in [-0.2, 0) is 35.1 Å². The predicted octanol–water partition coefficient (Wildman–Crippen LogP) is 4.18. The highest BCUT2D eigenvalue weighted by molar-refractivity contribution is 5.90. The summed E-state index contributed by atoms with van der Waals surface area (Å²) in [6, 6.07) is 7.07. The largest absolute Gasteiger partial charge is 0.481 e. The Morgan fingerprint density at radius 3 is 2.51 bits per heavy atom. The number of ether oxygens (including phenoxy) is 4. The number of methoxy groups -OCH3 is 1. The molecule has 2 aliphatic heterocycles. The highest BCUT2D eigenvalue weighted by Crippen LogP contribution is 2.59.